The summed E-state index contributed by atoms with van der Waals surface area (Å²) in [6, 6.07) is 8.40. The lowest BCUT2D eigenvalue weighted by Gasteiger charge is -2.32. The second kappa shape index (κ2) is 7.32. The molecule has 5 nitrogen and oxygen atoms in total. The average Bonchev–Trinajstić information content (AvgIpc) is 2.80. The van der Waals surface area contributed by atoms with Gasteiger partial charge in [0.25, 0.3) is 0 Å². The van der Waals surface area contributed by atoms with Crippen LogP contribution in [0.3, 0.4) is 0 Å². The highest BCUT2D eigenvalue weighted by Gasteiger charge is 2.37. The highest BCUT2D eigenvalue weighted by molar-refractivity contribution is 5.69. The van der Waals surface area contributed by atoms with Crippen LogP contribution in [0.2, 0.25) is 0 Å². The van der Waals surface area contributed by atoms with E-state index in [1.54, 1.807) is 0 Å². The minimum Gasteiger partial charge on any atom is -0.444 e. The fourth-order valence-electron chi connectivity index (χ4n) is 3.31. The number of carbonyl (C=O) groups is 1. The van der Waals surface area contributed by atoms with E-state index in [4.69, 9.17) is 10.5 Å². The van der Waals surface area contributed by atoms with E-state index in [1.165, 1.54) is 0 Å². The summed E-state index contributed by atoms with van der Waals surface area (Å²) in [5.74, 6) is 0. The molecule has 3 atom stereocenters. The van der Waals surface area contributed by atoms with Gasteiger partial charge in [-0.05, 0) is 66.0 Å². The molecule has 24 heavy (non-hydrogen) atoms. The van der Waals surface area contributed by atoms with Gasteiger partial charge in [-0.2, -0.15) is 0 Å². The fourth-order valence-corrected chi connectivity index (χ4v) is 3.31. The van der Waals surface area contributed by atoms with Crippen LogP contribution in [-0.4, -0.2) is 34.7 Å². The molecule has 5 heteroatoms. The number of hydrogen-bond donors (Lipinski definition) is 2. The summed E-state index contributed by atoms with van der Waals surface area (Å²) in [6.45, 7) is 9.94. The van der Waals surface area contributed by atoms with E-state index in [0.717, 1.165) is 30.6 Å². The number of carbonyl (C=O) groups excluding carboxylic acids is 1. The third-order valence-corrected chi connectivity index (χ3v) is 4.38. The Morgan fingerprint density at radius 2 is 2.04 bits per heavy atom. The van der Waals surface area contributed by atoms with Crippen molar-refractivity contribution in [1.29, 1.82) is 0 Å². The minimum absolute atomic E-state index is 0.197. The number of likely N-dealkylation sites (tertiary alicyclic amines) is 1. The number of anilines is 2. The summed E-state index contributed by atoms with van der Waals surface area (Å²) >= 11 is 0. The van der Waals surface area contributed by atoms with Crippen molar-refractivity contribution < 1.29 is 9.53 Å². The number of ether oxygens (including phenoxy) is 1. The zero-order chi connectivity index (χ0) is 17.9. The molecular weight excluding hydrogens is 302 g/mol. The molecule has 0 aromatic heterocycles. The van der Waals surface area contributed by atoms with Crippen molar-refractivity contribution in [3.05, 3.63) is 24.3 Å². The van der Waals surface area contributed by atoms with Gasteiger partial charge >= 0.3 is 6.09 Å². The van der Waals surface area contributed by atoms with Crippen molar-refractivity contribution in [2.75, 3.05) is 11.1 Å². The Balaban J connectivity index is 1.99. The molecule has 1 unspecified atom stereocenters. The zero-order valence-corrected chi connectivity index (χ0v) is 15.5. The van der Waals surface area contributed by atoms with Gasteiger partial charge in [0.1, 0.15) is 5.60 Å². The Labute approximate surface area is 145 Å². The first-order valence-electron chi connectivity index (χ1n) is 8.79. The molecule has 134 valence electrons. The van der Waals surface area contributed by atoms with Crippen LogP contribution in [0.5, 0.6) is 0 Å². The largest absolute Gasteiger partial charge is 0.444 e. The van der Waals surface area contributed by atoms with Gasteiger partial charge in [0.15, 0.2) is 0 Å². The first kappa shape index (κ1) is 18.4. The standard InChI is InChI=1S/C19H31N3O2/c1-13(21-17-9-7-6-8-16(17)20)12-15-11-10-14(2)22(15)18(23)24-19(3,4)5/h6-9,13-15,21H,10-12,20H2,1-5H3/t13-,14?,15-/m0/s1. The van der Waals surface area contributed by atoms with E-state index in [-0.39, 0.29) is 24.2 Å². The maximum atomic E-state index is 12.5. The lowest BCUT2D eigenvalue weighted by Crippen LogP contribution is -2.44. The van der Waals surface area contributed by atoms with Crippen molar-refractivity contribution in [3.63, 3.8) is 0 Å². The van der Waals surface area contributed by atoms with Crippen LogP contribution in [0.15, 0.2) is 24.3 Å². The first-order chi connectivity index (χ1) is 11.2. The molecule has 0 spiro atoms. The van der Waals surface area contributed by atoms with Crippen molar-refractivity contribution in [2.45, 2.75) is 77.6 Å². The van der Waals surface area contributed by atoms with E-state index < -0.39 is 5.60 Å². The molecule has 0 radical (unpaired) electrons. The number of nitrogens with two attached hydrogens (primary N) is 1. The van der Waals surface area contributed by atoms with Crippen molar-refractivity contribution in [2.24, 2.45) is 0 Å². The molecule has 3 N–H and O–H groups in total. The van der Waals surface area contributed by atoms with E-state index >= 15 is 0 Å². The van der Waals surface area contributed by atoms with Crippen LogP contribution < -0.4 is 11.1 Å². The topological polar surface area (TPSA) is 67.6 Å². The van der Waals surface area contributed by atoms with Gasteiger partial charge in [-0.3, -0.25) is 0 Å². The molecule has 1 saturated heterocycles. The summed E-state index contributed by atoms with van der Waals surface area (Å²) in [7, 11) is 0. The fraction of sp³-hybridized carbons (Fsp3) is 0.632. The average molecular weight is 333 g/mol. The van der Waals surface area contributed by atoms with Crippen LogP contribution in [0.25, 0.3) is 0 Å². The SMILES string of the molecule is CC1CC[C@@H](C[C@H](C)Nc2ccccc2N)N1C(=O)OC(C)(C)C. The van der Waals surface area contributed by atoms with Gasteiger partial charge in [0, 0.05) is 18.1 Å². The Morgan fingerprint density at radius 3 is 2.67 bits per heavy atom. The normalized spacial score (nSPS) is 22.3. The number of nitrogens with one attached hydrogen (secondary N) is 1. The summed E-state index contributed by atoms with van der Waals surface area (Å²) in [5, 5.41) is 3.46. The number of benzene rings is 1. The van der Waals surface area contributed by atoms with Gasteiger partial charge in [0.05, 0.1) is 11.4 Å². The highest BCUT2D eigenvalue weighted by atomic mass is 16.6. The third-order valence-electron chi connectivity index (χ3n) is 4.38. The number of rotatable bonds is 4. The molecule has 0 saturated carbocycles. The molecule has 1 heterocycles. The number of nitrogen functional groups attached to an aromatic ring is 1. The monoisotopic (exact) mass is 333 g/mol. The molecular formula is C19H31N3O2. The van der Waals surface area contributed by atoms with Crippen LogP contribution in [-0.2, 0) is 4.74 Å². The highest BCUT2D eigenvalue weighted by Crippen LogP contribution is 2.30. The van der Waals surface area contributed by atoms with Gasteiger partial charge in [-0.25, -0.2) is 4.79 Å². The van der Waals surface area contributed by atoms with Crippen molar-refractivity contribution in [3.8, 4) is 0 Å². The lowest BCUT2D eigenvalue weighted by molar-refractivity contribution is 0.0151. The van der Waals surface area contributed by atoms with Crippen molar-refractivity contribution >= 4 is 17.5 Å². The van der Waals surface area contributed by atoms with Crippen LogP contribution in [0.4, 0.5) is 16.2 Å². The number of amides is 1. The third kappa shape index (κ3) is 4.79. The van der Waals surface area contributed by atoms with Gasteiger partial charge in [0.2, 0.25) is 0 Å². The Morgan fingerprint density at radius 1 is 1.38 bits per heavy atom. The molecule has 0 bridgehead atoms. The first-order valence-corrected chi connectivity index (χ1v) is 8.79. The maximum Gasteiger partial charge on any atom is 0.410 e. The summed E-state index contributed by atoms with van der Waals surface area (Å²) in [4.78, 5) is 14.5. The molecule has 1 amide bonds. The Hall–Kier alpha value is -1.91. The Kier molecular flexibility index (Phi) is 5.62. The number of nitrogens with zero attached hydrogens (tertiary/aromatic N) is 1. The minimum atomic E-state index is -0.466. The summed E-state index contributed by atoms with van der Waals surface area (Å²) < 4.78 is 5.59. The smallest absolute Gasteiger partial charge is 0.410 e. The second-order valence-corrected chi connectivity index (χ2v) is 7.84. The summed E-state index contributed by atoms with van der Waals surface area (Å²) in [5.41, 5.74) is 7.22. The van der Waals surface area contributed by atoms with E-state index in [1.807, 2.05) is 49.9 Å². The second-order valence-electron chi connectivity index (χ2n) is 7.84. The van der Waals surface area contributed by atoms with Gasteiger partial charge in [-0.15, -0.1) is 0 Å². The van der Waals surface area contributed by atoms with Crippen LogP contribution >= 0.6 is 0 Å². The molecule has 1 fully saturated rings. The van der Waals surface area contributed by atoms with E-state index in [0.29, 0.717) is 0 Å². The van der Waals surface area contributed by atoms with E-state index in [9.17, 15) is 4.79 Å². The quantitative estimate of drug-likeness (QED) is 0.808. The van der Waals surface area contributed by atoms with Crippen LogP contribution in [0.1, 0.15) is 53.9 Å². The van der Waals surface area contributed by atoms with Gasteiger partial charge < -0.3 is 20.7 Å². The molecule has 1 aromatic carbocycles. The zero-order valence-electron chi connectivity index (χ0n) is 15.5. The number of hydrogen-bond acceptors (Lipinski definition) is 4. The molecule has 1 aliphatic rings. The lowest BCUT2D eigenvalue weighted by atomic mass is 10.1. The van der Waals surface area contributed by atoms with Gasteiger partial charge in [-0.1, -0.05) is 12.1 Å². The predicted molar refractivity (Wildman–Crippen MR) is 99.1 cm³/mol. The van der Waals surface area contributed by atoms with Crippen molar-refractivity contribution in [1.82, 2.24) is 4.90 Å². The Bertz CT molecular complexity index is 568. The maximum absolute atomic E-state index is 12.5. The summed E-state index contributed by atoms with van der Waals surface area (Å²) in [6.07, 6.45) is 2.70. The predicted octanol–water partition coefficient (Wildman–Crippen LogP) is 4.25. The molecule has 2 rings (SSSR count). The molecule has 1 aliphatic heterocycles. The molecule has 1 aromatic rings. The van der Waals surface area contributed by atoms with E-state index in [2.05, 4.69) is 19.2 Å². The van der Waals surface area contributed by atoms with Crippen LogP contribution in [0, 0.1) is 0 Å². The molecule has 0 aliphatic carbocycles. The number of para-hydroxylation sites is 2.